The topological polar surface area (TPSA) is 64.1 Å². The van der Waals surface area contributed by atoms with Crippen LogP contribution in [0.4, 0.5) is 4.39 Å². The lowest BCUT2D eigenvalue weighted by molar-refractivity contribution is 0.0530. The van der Waals surface area contributed by atoms with Crippen molar-refractivity contribution in [3.63, 3.8) is 0 Å². The highest BCUT2D eigenvalue weighted by Crippen LogP contribution is 2.41. The number of nitrogens with zero attached hydrogens (tertiary/aromatic N) is 1. The Hall–Kier alpha value is -2.07. The molecular formula is C24H31FIN3O3. The second-order valence-corrected chi connectivity index (χ2v) is 7.92. The van der Waals surface area contributed by atoms with E-state index in [1.54, 1.807) is 6.07 Å². The SMILES string of the molecule is CCNC(=NCC1(c2ccc3c(c2)OCO3)CCOCC1)NCCc1ccccc1F.I. The minimum absolute atomic E-state index is 0. The molecule has 0 radical (unpaired) electrons. The van der Waals surface area contributed by atoms with Crippen molar-refractivity contribution in [1.29, 1.82) is 0 Å². The Morgan fingerprint density at radius 2 is 1.84 bits per heavy atom. The van der Waals surface area contributed by atoms with E-state index in [9.17, 15) is 4.39 Å². The van der Waals surface area contributed by atoms with Gasteiger partial charge < -0.3 is 24.8 Å². The van der Waals surface area contributed by atoms with Gasteiger partial charge in [-0.1, -0.05) is 24.3 Å². The summed E-state index contributed by atoms with van der Waals surface area (Å²) in [5, 5.41) is 6.65. The number of benzene rings is 2. The maximum absolute atomic E-state index is 13.9. The smallest absolute Gasteiger partial charge is 0.231 e. The molecule has 2 heterocycles. The van der Waals surface area contributed by atoms with Crippen molar-refractivity contribution < 1.29 is 18.6 Å². The second-order valence-electron chi connectivity index (χ2n) is 7.92. The largest absolute Gasteiger partial charge is 0.454 e. The molecule has 2 aliphatic heterocycles. The van der Waals surface area contributed by atoms with Crippen LogP contribution in [0.25, 0.3) is 0 Å². The summed E-state index contributed by atoms with van der Waals surface area (Å²) in [6.07, 6.45) is 2.38. The molecule has 8 heteroatoms. The van der Waals surface area contributed by atoms with Crippen LogP contribution in [0.15, 0.2) is 47.5 Å². The summed E-state index contributed by atoms with van der Waals surface area (Å²) in [5.41, 5.74) is 1.78. The number of nitrogens with one attached hydrogen (secondary N) is 2. The quantitative estimate of drug-likeness (QED) is 0.307. The van der Waals surface area contributed by atoms with E-state index in [2.05, 4.69) is 22.8 Å². The molecule has 0 aromatic heterocycles. The number of fused-ring (bicyclic) bond motifs is 1. The van der Waals surface area contributed by atoms with Crippen molar-refractivity contribution in [2.75, 3.05) is 39.6 Å². The first-order valence-corrected chi connectivity index (χ1v) is 10.9. The van der Waals surface area contributed by atoms with Gasteiger partial charge in [0.15, 0.2) is 17.5 Å². The Balaban J connectivity index is 0.00000289. The fourth-order valence-electron chi connectivity index (χ4n) is 4.12. The van der Waals surface area contributed by atoms with Gasteiger partial charge in [0, 0.05) is 31.7 Å². The van der Waals surface area contributed by atoms with Crippen molar-refractivity contribution in [3.8, 4) is 11.5 Å². The van der Waals surface area contributed by atoms with E-state index in [1.807, 2.05) is 25.1 Å². The Kier molecular flexibility index (Phi) is 8.98. The zero-order valence-electron chi connectivity index (χ0n) is 18.4. The predicted octanol–water partition coefficient (Wildman–Crippen LogP) is 4.02. The van der Waals surface area contributed by atoms with E-state index in [-0.39, 0.29) is 42.0 Å². The van der Waals surface area contributed by atoms with E-state index >= 15 is 0 Å². The van der Waals surface area contributed by atoms with Gasteiger partial charge in [-0.2, -0.15) is 0 Å². The average molecular weight is 555 g/mol. The van der Waals surface area contributed by atoms with Crippen molar-refractivity contribution in [2.24, 2.45) is 4.99 Å². The summed E-state index contributed by atoms with van der Waals surface area (Å²) in [4.78, 5) is 4.91. The number of hydrogen-bond donors (Lipinski definition) is 2. The van der Waals surface area contributed by atoms with Gasteiger partial charge in [-0.25, -0.2) is 4.39 Å². The fraction of sp³-hybridized carbons (Fsp3) is 0.458. The minimum atomic E-state index is -0.171. The van der Waals surface area contributed by atoms with Crippen molar-refractivity contribution in [3.05, 3.63) is 59.4 Å². The van der Waals surface area contributed by atoms with Gasteiger partial charge in [0.2, 0.25) is 6.79 Å². The van der Waals surface area contributed by atoms with Crippen LogP contribution >= 0.6 is 24.0 Å². The predicted molar refractivity (Wildman–Crippen MR) is 134 cm³/mol. The Bertz CT molecular complexity index is 919. The van der Waals surface area contributed by atoms with Gasteiger partial charge in [-0.05, 0) is 55.5 Å². The third-order valence-electron chi connectivity index (χ3n) is 5.96. The molecule has 0 saturated carbocycles. The van der Waals surface area contributed by atoms with Crippen LogP contribution in [0.2, 0.25) is 0 Å². The molecule has 4 rings (SSSR count). The molecular weight excluding hydrogens is 524 g/mol. The van der Waals surface area contributed by atoms with Crippen molar-refractivity contribution in [1.82, 2.24) is 10.6 Å². The lowest BCUT2D eigenvalue weighted by atomic mass is 9.74. The van der Waals surface area contributed by atoms with E-state index < -0.39 is 0 Å². The zero-order chi connectivity index (χ0) is 21.5. The number of ether oxygens (including phenoxy) is 3. The maximum Gasteiger partial charge on any atom is 0.231 e. The number of rotatable bonds is 7. The molecule has 2 aliphatic rings. The van der Waals surface area contributed by atoms with Crippen LogP contribution in [0.3, 0.4) is 0 Å². The van der Waals surface area contributed by atoms with Crippen molar-refractivity contribution in [2.45, 2.75) is 31.6 Å². The lowest BCUT2D eigenvalue weighted by Crippen LogP contribution is -2.41. The van der Waals surface area contributed by atoms with E-state index in [4.69, 9.17) is 19.2 Å². The lowest BCUT2D eigenvalue weighted by Gasteiger charge is -2.36. The van der Waals surface area contributed by atoms with Crippen LogP contribution in [0.5, 0.6) is 11.5 Å². The average Bonchev–Trinajstić information content (AvgIpc) is 3.27. The second kappa shape index (κ2) is 11.7. The molecule has 0 bridgehead atoms. The monoisotopic (exact) mass is 555 g/mol. The van der Waals surface area contributed by atoms with Gasteiger partial charge in [-0.3, -0.25) is 4.99 Å². The highest BCUT2D eigenvalue weighted by molar-refractivity contribution is 14.0. The first-order valence-electron chi connectivity index (χ1n) is 10.9. The first-order chi connectivity index (χ1) is 15.2. The van der Waals surface area contributed by atoms with Crippen LogP contribution in [0.1, 0.15) is 30.9 Å². The molecule has 174 valence electrons. The Labute approximate surface area is 206 Å². The summed E-state index contributed by atoms with van der Waals surface area (Å²) in [6, 6.07) is 13.1. The Morgan fingerprint density at radius 3 is 2.62 bits per heavy atom. The molecule has 1 saturated heterocycles. The van der Waals surface area contributed by atoms with Gasteiger partial charge in [0.05, 0.1) is 6.54 Å². The van der Waals surface area contributed by atoms with Gasteiger partial charge in [0.25, 0.3) is 0 Å². The van der Waals surface area contributed by atoms with E-state index in [0.29, 0.717) is 38.3 Å². The molecule has 2 aromatic carbocycles. The zero-order valence-corrected chi connectivity index (χ0v) is 20.7. The molecule has 2 aromatic rings. The molecule has 6 nitrogen and oxygen atoms in total. The Morgan fingerprint density at radius 1 is 1.06 bits per heavy atom. The highest BCUT2D eigenvalue weighted by Gasteiger charge is 2.35. The molecule has 0 spiro atoms. The maximum atomic E-state index is 13.9. The highest BCUT2D eigenvalue weighted by atomic mass is 127. The molecule has 0 amide bonds. The molecule has 1 fully saturated rings. The molecule has 2 N–H and O–H groups in total. The number of guanidine groups is 1. The third kappa shape index (κ3) is 5.83. The van der Waals surface area contributed by atoms with Crippen molar-refractivity contribution >= 4 is 29.9 Å². The normalized spacial score (nSPS) is 16.9. The molecule has 0 unspecified atom stereocenters. The van der Waals surface area contributed by atoms with Crippen LogP contribution in [-0.2, 0) is 16.6 Å². The van der Waals surface area contributed by atoms with E-state index in [1.165, 1.54) is 11.6 Å². The molecule has 0 atom stereocenters. The van der Waals surface area contributed by atoms with Crippen LogP contribution < -0.4 is 20.1 Å². The van der Waals surface area contributed by atoms with E-state index in [0.717, 1.165) is 36.8 Å². The summed E-state index contributed by atoms with van der Waals surface area (Å²) in [6.45, 7) is 5.71. The summed E-state index contributed by atoms with van der Waals surface area (Å²) in [5.74, 6) is 2.15. The summed E-state index contributed by atoms with van der Waals surface area (Å²) >= 11 is 0. The number of aliphatic imine (C=N–C) groups is 1. The fourth-order valence-corrected chi connectivity index (χ4v) is 4.12. The standard InChI is InChI=1S/C24H30FN3O3.HI/c1-2-26-23(27-12-9-18-5-3-4-6-20(18)25)28-16-24(10-13-29-14-11-24)19-7-8-21-22(15-19)31-17-30-21;/h3-8,15H,2,9-14,16-17H2,1H3,(H2,26,27,28);1H. The summed E-state index contributed by atoms with van der Waals surface area (Å²) < 4.78 is 30.6. The summed E-state index contributed by atoms with van der Waals surface area (Å²) in [7, 11) is 0. The number of halogens is 2. The minimum Gasteiger partial charge on any atom is -0.454 e. The van der Waals surface area contributed by atoms with Crippen LogP contribution in [-0.4, -0.2) is 45.6 Å². The first kappa shape index (κ1) is 24.6. The van der Waals surface area contributed by atoms with Gasteiger partial charge >= 0.3 is 0 Å². The number of hydrogen-bond acceptors (Lipinski definition) is 4. The molecule has 32 heavy (non-hydrogen) atoms. The van der Waals surface area contributed by atoms with Crippen LogP contribution in [0, 0.1) is 5.82 Å². The van der Waals surface area contributed by atoms with Gasteiger partial charge in [0.1, 0.15) is 5.82 Å². The van der Waals surface area contributed by atoms with Gasteiger partial charge in [-0.15, -0.1) is 24.0 Å². The molecule has 0 aliphatic carbocycles. The third-order valence-corrected chi connectivity index (χ3v) is 5.96.